The van der Waals surface area contributed by atoms with Crippen molar-refractivity contribution in [1.29, 1.82) is 0 Å². The number of fused-ring (bicyclic) bond motifs is 1. The van der Waals surface area contributed by atoms with Gasteiger partial charge in [0.15, 0.2) is 4.96 Å². The summed E-state index contributed by atoms with van der Waals surface area (Å²) in [6.07, 6.45) is 13.2. The van der Waals surface area contributed by atoms with Crippen molar-refractivity contribution in [2.24, 2.45) is 11.8 Å². The van der Waals surface area contributed by atoms with Crippen LogP contribution in [0.4, 0.5) is 0 Å². The maximum Gasteiger partial charge on any atom is 0.193 e. The highest BCUT2D eigenvalue weighted by molar-refractivity contribution is 7.15. The molecule has 1 aliphatic carbocycles. The lowest BCUT2D eigenvalue weighted by Gasteiger charge is -2.17. The molecule has 1 unspecified atom stereocenters. The van der Waals surface area contributed by atoms with Crippen LogP contribution in [0.2, 0.25) is 0 Å². The van der Waals surface area contributed by atoms with Gasteiger partial charge in [-0.1, -0.05) is 25.7 Å². The van der Waals surface area contributed by atoms with Gasteiger partial charge in [-0.15, -0.1) is 11.3 Å². The Hall–Kier alpha value is -0.910. The standard InChI is InChI=1S/C14H22N4S/c15-17-12(6-5-11-3-1-2-4-11)9-13-10-18-7-8-19-14(18)16-13/h7-8,10-12,17H,1-6,9,15H2. The molecule has 0 bridgehead atoms. The number of hydrazine groups is 1. The minimum Gasteiger partial charge on any atom is -0.297 e. The number of hydrogen-bond acceptors (Lipinski definition) is 4. The molecule has 2 heterocycles. The minimum atomic E-state index is 0.352. The molecule has 0 aliphatic heterocycles. The zero-order chi connectivity index (χ0) is 13.1. The summed E-state index contributed by atoms with van der Waals surface area (Å²) in [6.45, 7) is 0. The molecule has 1 saturated carbocycles. The van der Waals surface area contributed by atoms with Crippen molar-refractivity contribution in [2.45, 2.75) is 51.0 Å². The Bertz CT molecular complexity index is 484. The van der Waals surface area contributed by atoms with Crippen molar-refractivity contribution in [2.75, 3.05) is 0 Å². The smallest absolute Gasteiger partial charge is 0.193 e. The molecule has 0 aromatic carbocycles. The molecule has 0 saturated heterocycles. The van der Waals surface area contributed by atoms with Crippen LogP contribution in [0.1, 0.15) is 44.2 Å². The summed E-state index contributed by atoms with van der Waals surface area (Å²) in [5, 5.41) is 2.06. The zero-order valence-corrected chi connectivity index (χ0v) is 12.0. The quantitative estimate of drug-likeness (QED) is 0.631. The van der Waals surface area contributed by atoms with Crippen molar-refractivity contribution >= 4 is 16.3 Å². The molecule has 1 fully saturated rings. The van der Waals surface area contributed by atoms with Gasteiger partial charge >= 0.3 is 0 Å². The van der Waals surface area contributed by atoms with Crippen molar-refractivity contribution in [3.05, 3.63) is 23.5 Å². The second-order valence-electron chi connectivity index (χ2n) is 5.62. The number of aromatic nitrogens is 2. The van der Waals surface area contributed by atoms with Crippen LogP contribution in [0.15, 0.2) is 17.8 Å². The van der Waals surface area contributed by atoms with E-state index in [4.69, 9.17) is 5.84 Å². The molecule has 0 amide bonds. The number of nitrogens with zero attached hydrogens (tertiary/aromatic N) is 2. The van der Waals surface area contributed by atoms with E-state index in [0.717, 1.165) is 29.4 Å². The largest absolute Gasteiger partial charge is 0.297 e. The van der Waals surface area contributed by atoms with Crippen LogP contribution in [-0.2, 0) is 6.42 Å². The lowest BCUT2D eigenvalue weighted by Crippen LogP contribution is -2.37. The summed E-state index contributed by atoms with van der Waals surface area (Å²) in [7, 11) is 0. The van der Waals surface area contributed by atoms with Crippen LogP contribution in [-0.4, -0.2) is 15.4 Å². The van der Waals surface area contributed by atoms with Gasteiger partial charge in [0.05, 0.1) is 5.69 Å². The molecule has 5 heteroatoms. The molecule has 1 atom stereocenters. The highest BCUT2D eigenvalue weighted by atomic mass is 32.1. The average molecular weight is 278 g/mol. The Morgan fingerprint density at radius 1 is 1.47 bits per heavy atom. The van der Waals surface area contributed by atoms with Crippen molar-refractivity contribution in [3.63, 3.8) is 0 Å². The molecule has 1 aliphatic rings. The Balaban J connectivity index is 1.54. The number of hydrogen-bond donors (Lipinski definition) is 2. The molecule has 0 spiro atoms. The van der Waals surface area contributed by atoms with Crippen molar-refractivity contribution in [3.8, 4) is 0 Å². The topological polar surface area (TPSA) is 55.3 Å². The lowest BCUT2D eigenvalue weighted by atomic mass is 9.97. The van der Waals surface area contributed by atoms with E-state index in [1.165, 1.54) is 32.1 Å². The number of imidazole rings is 1. The van der Waals surface area contributed by atoms with Crippen LogP contribution in [0.3, 0.4) is 0 Å². The summed E-state index contributed by atoms with van der Waals surface area (Å²) in [5.74, 6) is 6.62. The third-order valence-electron chi connectivity index (χ3n) is 4.23. The highest BCUT2D eigenvalue weighted by Gasteiger charge is 2.18. The number of rotatable bonds is 6. The van der Waals surface area contributed by atoms with Gasteiger partial charge in [0.2, 0.25) is 0 Å². The van der Waals surface area contributed by atoms with E-state index in [9.17, 15) is 0 Å². The molecule has 19 heavy (non-hydrogen) atoms. The predicted octanol–water partition coefficient (Wildman–Crippen LogP) is 2.74. The predicted molar refractivity (Wildman–Crippen MR) is 79.1 cm³/mol. The van der Waals surface area contributed by atoms with Gasteiger partial charge < -0.3 is 0 Å². The lowest BCUT2D eigenvalue weighted by molar-refractivity contribution is 0.405. The molecule has 104 valence electrons. The maximum atomic E-state index is 5.69. The fourth-order valence-corrected chi connectivity index (χ4v) is 3.83. The molecule has 3 rings (SSSR count). The Kier molecular flexibility index (Phi) is 4.15. The number of nitrogens with two attached hydrogens (primary N) is 1. The Morgan fingerprint density at radius 3 is 3.05 bits per heavy atom. The number of thiazole rings is 1. The van der Waals surface area contributed by atoms with Crippen molar-refractivity contribution in [1.82, 2.24) is 14.8 Å². The molecule has 4 nitrogen and oxygen atoms in total. The highest BCUT2D eigenvalue weighted by Crippen LogP contribution is 2.29. The summed E-state index contributed by atoms with van der Waals surface area (Å²) >= 11 is 1.68. The first-order chi connectivity index (χ1) is 9.35. The summed E-state index contributed by atoms with van der Waals surface area (Å²) in [5.41, 5.74) is 4.11. The Morgan fingerprint density at radius 2 is 2.32 bits per heavy atom. The van der Waals surface area contributed by atoms with Crippen LogP contribution >= 0.6 is 11.3 Å². The molecular formula is C14H22N4S. The summed E-state index contributed by atoms with van der Waals surface area (Å²) in [6, 6.07) is 0.352. The fraction of sp³-hybridized carbons (Fsp3) is 0.643. The fourth-order valence-electron chi connectivity index (χ4n) is 3.11. The second kappa shape index (κ2) is 6.03. The van der Waals surface area contributed by atoms with Gasteiger partial charge in [-0.05, 0) is 18.8 Å². The first-order valence-corrected chi connectivity index (χ1v) is 8.10. The van der Waals surface area contributed by atoms with Gasteiger partial charge in [-0.3, -0.25) is 15.7 Å². The third-order valence-corrected chi connectivity index (χ3v) is 5.00. The third kappa shape index (κ3) is 3.16. The van der Waals surface area contributed by atoms with Crippen LogP contribution < -0.4 is 11.3 Å². The SMILES string of the molecule is NNC(CCC1CCCC1)Cc1cn2ccsc2n1. The van der Waals surface area contributed by atoms with Crippen LogP contribution in [0, 0.1) is 5.92 Å². The van der Waals surface area contributed by atoms with Gasteiger partial charge in [0.25, 0.3) is 0 Å². The van der Waals surface area contributed by atoms with E-state index in [1.807, 2.05) is 0 Å². The van der Waals surface area contributed by atoms with E-state index in [1.54, 1.807) is 11.3 Å². The average Bonchev–Trinajstić information content (AvgIpc) is 3.10. The molecule has 2 aromatic rings. The minimum absolute atomic E-state index is 0.352. The Labute approximate surface area is 118 Å². The molecule has 3 N–H and O–H groups in total. The van der Waals surface area contributed by atoms with E-state index in [-0.39, 0.29) is 0 Å². The molecule has 0 radical (unpaired) electrons. The van der Waals surface area contributed by atoms with E-state index < -0.39 is 0 Å². The first kappa shape index (κ1) is 13.1. The normalized spacial score (nSPS) is 18.4. The van der Waals surface area contributed by atoms with Crippen LogP contribution in [0.5, 0.6) is 0 Å². The van der Waals surface area contributed by atoms with Crippen LogP contribution in [0.25, 0.3) is 4.96 Å². The van der Waals surface area contributed by atoms with Gasteiger partial charge in [0.1, 0.15) is 0 Å². The summed E-state index contributed by atoms with van der Waals surface area (Å²) in [4.78, 5) is 5.70. The summed E-state index contributed by atoms with van der Waals surface area (Å²) < 4.78 is 2.09. The van der Waals surface area contributed by atoms with Gasteiger partial charge in [0, 0.05) is 30.2 Å². The van der Waals surface area contributed by atoms with Gasteiger partial charge in [-0.2, -0.15) is 0 Å². The van der Waals surface area contributed by atoms with E-state index >= 15 is 0 Å². The second-order valence-corrected chi connectivity index (χ2v) is 6.49. The van der Waals surface area contributed by atoms with E-state index in [0.29, 0.717) is 6.04 Å². The van der Waals surface area contributed by atoms with E-state index in [2.05, 4.69) is 32.6 Å². The first-order valence-electron chi connectivity index (χ1n) is 7.22. The molecule has 2 aromatic heterocycles. The maximum absolute atomic E-state index is 5.69. The monoisotopic (exact) mass is 278 g/mol. The number of nitrogens with one attached hydrogen (secondary N) is 1. The zero-order valence-electron chi connectivity index (χ0n) is 11.2. The van der Waals surface area contributed by atoms with Crippen molar-refractivity contribution < 1.29 is 0 Å². The van der Waals surface area contributed by atoms with Gasteiger partial charge in [-0.25, -0.2) is 4.98 Å². The molecular weight excluding hydrogens is 256 g/mol.